The summed E-state index contributed by atoms with van der Waals surface area (Å²) in [5.41, 5.74) is 1.52. The van der Waals surface area contributed by atoms with Gasteiger partial charge in [0.25, 0.3) is 0 Å². The van der Waals surface area contributed by atoms with Gasteiger partial charge in [-0.05, 0) is 31.2 Å². The van der Waals surface area contributed by atoms with Crippen molar-refractivity contribution < 1.29 is 9.90 Å². The zero-order valence-corrected chi connectivity index (χ0v) is 9.27. The molecule has 0 aliphatic carbocycles. The third kappa shape index (κ3) is 1.92. The highest BCUT2D eigenvalue weighted by atomic mass is 35.5. The van der Waals surface area contributed by atoms with E-state index in [1.54, 1.807) is 29.8 Å². The minimum absolute atomic E-state index is 0.0254. The van der Waals surface area contributed by atoms with Crippen molar-refractivity contribution in [2.75, 3.05) is 0 Å². The maximum absolute atomic E-state index is 10.8. The van der Waals surface area contributed by atoms with Gasteiger partial charge in [0.1, 0.15) is 0 Å². The Kier molecular flexibility index (Phi) is 2.66. The van der Waals surface area contributed by atoms with Crippen LogP contribution in [0.3, 0.4) is 0 Å². The quantitative estimate of drug-likeness (QED) is 0.872. The lowest BCUT2D eigenvalue weighted by atomic mass is 10.3. The van der Waals surface area contributed by atoms with Gasteiger partial charge in [-0.15, -0.1) is 0 Å². The Balaban J connectivity index is 2.52. The van der Waals surface area contributed by atoms with E-state index < -0.39 is 5.97 Å². The van der Waals surface area contributed by atoms with E-state index in [0.717, 1.165) is 11.4 Å². The molecular weight excluding hydrogens is 228 g/mol. The molecule has 0 amide bonds. The summed E-state index contributed by atoms with van der Waals surface area (Å²) in [6, 6.07) is 8.61. The normalized spacial score (nSPS) is 10.4. The van der Waals surface area contributed by atoms with Gasteiger partial charge in [-0.3, -0.25) is 0 Å². The van der Waals surface area contributed by atoms with Crippen LogP contribution in [0.5, 0.6) is 0 Å². The first kappa shape index (κ1) is 10.7. The van der Waals surface area contributed by atoms with E-state index in [1.165, 1.54) is 6.07 Å². The van der Waals surface area contributed by atoms with Crippen LogP contribution < -0.4 is 0 Å². The first-order chi connectivity index (χ1) is 7.58. The summed E-state index contributed by atoms with van der Waals surface area (Å²) in [5.74, 6) is -1.04. The van der Waals surface area contributed by atoms with E-state index in [0.29, 0.717) is 5.02 Å². The van der Waals surface area contributed by atoms with Crippen molar-refractivity contribution in [2.24, 2.45) is 0 Å². The van der Waals surface area contributed by atoms with Gasteiger partial charge in [0.05, 0.1) is 5.69 Å². The molecule has 0 bridgehead atoms. The van der Waals surface area contributed by atoms with Gasteiger partial charge >= 0.3 is 5.97 Å². The fourth-order valence-corrected chi connectivity index (χ4v) is 1.63. The van der Waals surface area contributed by atoms with E-state index >= 15 is 0 Å². The highest BCUT2D eigenvalue weighted by Crippen LogP contribution is 2.16. The number of hydrogen-bond donors (Lipinski definition) is 1. The molecule has 2 aromatic rings. The lowest BCUT2D eigenvalue weighted by Crippen LogP contribution is -2.02. The van der Waals surface area contributed by atoms with Crippen LogP contribution in [-0.4, -0.2) is 20.9 Å². The number of aryl methyl sites for hydroxylation is 1. The minimum atomic E-state index is -1.04. The largest absolute Gasteiger partial charge is 0.476 e. The van der Waals surface area contributed by atoms with Gasteiger partial charge < -0.3 is 5.11 Å². The topological polar surface area (TPSA) is 55.1 Å². The Morgan fingerprint density at radius 2 is 2.19 bits per heavy atom. The molecule has 82 valence electrons. The van der Waals surface area contributed by atoms with E-state index in [-0.39, 0.29) is 5.69 Å². The highest BCUT2D eigenvalue weighted by Gasteiger charge is 2.11. The molecule has 2 rings (SSSR count). The molecular formula is C11H9ClN2O2. The number of nitrogens with zero attached hydrogens (tertiary/aromatic N) is 2. The molecule has 1 aromatic heterocycles. The molecule has 0 atom stereocenters. The summed E-state index contributed by atoms with van der Waals surface area (Å²) in [7, 11) is 0. The zero-order chi connectivity index (χ0) is 11.7. The van der Waals surface area contributed by atoms with Gasteiger partial charge in [0.2, 0.25) is 0 Å². The number of aromatic carboxylic acids is 1. The minimum Gasteiger partial charge on any atom is -0.476 e. The van der Waals surface area contributed by atoms with Crippen LogP contribution in [0.25, 0.3) is 5.69 Å². The van der Waals surface area contributed by atoms with E-state index in [2.05, 4.69) is 5.10 Å². The number of rotatable bonds is 2. The number of carboxylic acid groups (broad SMARTS) is 1. The maximum atomic E-state index is 10.8. The molecule has 0 saturated carbocycles. The van der Waals surface area contributed by atoms with Crippen molar-refractivity contribution in [1.82, 2.24) is 9.78 Å². The number of aromatic nitrogens is 2. The van der Waals surface area contributed by atoms with Crippen LogP contribution in [0.4, 0.5) is 0 Å². The van der Waals surface area contributed by atoms with Crippen molar-refractivity contribution in [3.05, 3.63) is 46.7 Å². The molecule has 1 heterocycles. The van der Waals surface area contributed by atoms with Crippen molar-refractivity contribution in [3.8, 4) is 5.69 Å². The second-order valence-electron chi connectivity index (χ2n) is 3.37. The molecule has 0 spiro atoms. The number of halogens is 1. The molecule has 0 fully saturated rings. The van der Waals surface area contributed by atoms with E-state index in [4.69, 9.17) is 16.7 Å². The van der Waals surface area contributed by atoms with Gasteiger partial charge in [-0.1, -0.05) is 17.7 Å². The molecule has 5 heteroatoms. The Morgan fingerprint density at radius 1 is 1.44 bits per heavy atom. The molecule has 4 nitrogen and oxygen atoms in total. The fourth-order valence-electron chi connectivity index (χ4n) is 1.45. The summed E-state index contributed by atoms with van der Waals surface area (Å²) in [6.45, 7) is 1.79. The van der Waals surface area contributed by atoms with Crippen molar-refractivity contribution in [1.29, 1.82) is 0 Å². The molecule has 0 radical (unpaired) electrons. The number of carboxylic acids is 1. The van der Waals surface area contributed by atoms with Gasteiger partial charge in [-0.25, -0.2) is 9.48 Å². The Hall–Kier alpha value is -1.81. The molecule has 1 N–H and O–H groups in total. The molecule has 1 aromatic carbocycles. The second kappa shape index (κ2) is 3.98. The maximum Gasteiger partial charge on any atom is 0.356 e. The standard InChI is InChI=1S/C11H9ClN2O2/c1-7-5-10(11(15)16)13-14(7)9-4-2-3-8(12)6-9/h2-6H,1H3,(H,15,16). The average molecular weight is 237 g/mol. The third-order valence-corrected chi connectivity index (χ3v) is 2.39. The Morgan fingerprint density at radius 3 is 2.75 bits per heavy atom. The summed E-state index contributed by atoms with van der Waals surface area (Å²) < 4.78 is 1.55. The summed E-state index contributed by atoms with van der Waals surface area (Å²) in [6.07, 6.45) is 0. The number of hydrogen-bond acceptors (Lipinski definition) is 2. The van der Waals surface area contributed by atoms with Crippen LogP contribution in [0.15, 0.2) is 30.3 Å². The van der Waals surface area contributed by atoms with Crippen molar-refractivity contribution >= 4 is 17.6 Å². The molecule has 0 aliphatic heterocycles. The Labute approximate surface area is 97.1 Å². The van der Waals surface area contributed by atoms with E-state index in [9.17, 15) is 4.79 Å². The second-order valence-corrected chi connectivity index (χ2v) is 3.80. The smallest absolute Gasteiger partial charge is 0.356 e. The van der Waals surface area contributed by atoms with Gasteiger partial charge in [0.15, 0.2) is 5.69 Å². The zero-order valence-electron chi connectivity index (χ0n) is 8.51. The lowest BCUT2D eigenvalue weighted by molar-refractivity contribution is 0.0690. The Bertz CT molecular complexity index is 549. The summed E-state index contributed by atoms with van der Waals surface area (Å²) >= 11 is 5.86. The molecule has 0 aliphatic rings. The molecule has 0 saturated heterocycles. The summed E-state index contributed by atoms with van der Waals surface area (Å²) in [4.78, 5) is 10.8. The molecule has 0 unspecified atom stereocenters. The van der Waals surface area contributed by atoms with Crippen molar-refractivity contribution in [3.63, 3.8) is 0 Å². The first-order valence-electron chi connectivity index (χ1n) is 4.64. The predicted molar refractivity (Wildman–Crippen MR) is 60.3 cm³/mol. The van der Waals surface area contributed by atoms with Crippen LogP contribution in [-0.2, 0) is 0 Å². The number of carbonyl (C=O) groups is 1. The van der Waals surface area contributed by atoms with Crippen LogP contribution in [0, 0.1) is 6.92 Å². The number of benzene rings is 1. The SMILES string of the molecule is Cc1cc(C(=O)O)nn1-c1cccc(Cl)c1. The van der Waals surface area contributed by atoms with Gasteiger partial charge in [-0.2, -0.15) is 5.10 Å². The van der Waals surface area contributed by atoms with Crippen LogP contribution in [0.2, 0.25) is 5.02 Å². The molecule has 16 heavy (non-hydrogen) atoms. The highest BCUT2D eigenvalue weighted by molar-refractivity contribution is 6.30. The third-order valence-electron chi connectivity index (χ3n) is 2.16. The average Bonchev–Trinajstić information content (AvgIpc) is 2.60. The van der Waals surface area contributed by atoms with Crippen LogP contribution in [0.1, 0.15) is 16.2 Å². The lowest BCUT2D eigenvalue weighted by Gasteiger charge is -2.03. The monoisotopic (exact) mass is 236 g/mol. The van der Waals surface area contributed by atoms with E-state index in [1.807, 2.05) is 6.07 Å². The predicted octanol–water partition coefficient (Wildman–Crippen LogP) is 2.53. The fraction of sp³-hybridized carbons (Fsp3) is 0.0909. The summed E-state index contributed by atoms with van der Waals surface area (Å²) in [5, 5.41) is 13.4. The van der Waals surface area contributed by atoms with Gasteiger partial charge in [0, 0.05) is 10.7 Å². The van der Waals surface area contributed by atoms with Crippen LogP contribution >= 0.6 is 11.6 Å². The van der Waals surface area contributed by atoms with Crippen molar-refractivity contribution in [2.45, 2.75) is 6.92 Å². The first-order valence-corrected chi connectivity index (χ1v) is 5.01.